The predicted molar refractivity (Wildman–Crippen MR) is 80.3 cm³/mol. The monoisotopic (exact) mass is 275 g/mol. The number of piperidine rings is 1. The minimum absolute atomic E-state index is 0.119. The molecule has 0 spiro atoms. The molecule has 1 aromatic carbocycles. The Kier molecular flexibility index (Phi) is 3.51. The van der Waals surface area contributed by atoms with Crippen LogP contribution < -0.4 is 4.74 Å². The van der Waals surface area contributed by atoms with E-state index in [9.17, 15) is 5.11 Å². The summed E-state index contributed by atoms with van der Waals surface area (Å²) in [7, 11) is 3.96. The van der Waals surface area contributed by atoms with E-state index in [4.69, 9.17) is 4.74 Å². The summed E-state index contributed by atoms with van der Waals surface area (Å²) in [5, 5.41) is 9.62. The number of rotatable bonds is 3. The Morgan fingerprint density at radius 3 is 2.95 bits per heavy atom. The summed E-state index contributed by atoms with van der Waals surface area (Å²) in [6.07, 6.45) is 3.10. The van der Waals surface area contributed by atoms with Gasteiger partial charge in [-0.3, -0.25) is 0 Å². The molecular weight excluding hydrogens is 250 g/mol. The van der Waals surface area contributed by atoms with Crippen LogP contribution in [0.2, 0.25) is 0 Å². The van der Waals surface area contributed by atoms with Gasteiger partial charge < -0.3 is 14.7 Å². The highest BCUT2D eigenvalue weighted by Gasteiger charge is 2.49. The Hall–Kier alpha value is -1.06. The molecule has 0 radical (unpaired) electrons. The third-order valence-corrected chi connectivity index (χ3v) is 5.77. The highest BCUT2D eigenvalue weighted by Crippen LogP contribution is 2.51. The van der Waals surface area contributed by atoms with Crippen molar-refractivity contribution in [1.82, 2.24) is 4.90 Å². The van der Waals surface area contributed by atoms with Crippen LogP contribution in [0.25, 0.3) is 0 Å². The van der Waals surface area contributed by atoms with Gasteiger partial charge in [0.25, 0.3) is 0 Å². The number of benzene rings is 1. The number of hydrogen-bond acceptors (Lipinski definition) is 3. The van der Waals surface area contributed by atoms with Gasteiger partial charge in [0.15, 0.2) is 0 Å². The van der Waals surface area contributed by atoms with E-state index < -0.39 is 0 Å². The quantitative estimate of drug-likeness (QED) is 0.918. The van der Waals surface area contributed by atoms with Gasteiger partial charge in [0, 0.05) is 18.1 Å². The highest BCUT2D eigenvalue weighted by atomic mass is 16.5. The molecule has 110 valence electrons. The molecule has 2 aliphatic rings. The number of likely N-dealkylation sites (tertiary alicyclic amines) is 1. The first kappa shape index (κ1) is 13.9. The number of aliphatic hydroxyl groups is 1. The van der Waals surface area contributed by atoms with Crippen LogP contribution in [-0.4, -0.2) is 43.4 Å². The number of aliphatic hydroxyl groups excluding tert-OH is 1. The van der Waals surface area contributed by atoms with E-state index in [1.807, 2.05) is 0 Å². The van der Waals surface area contributed by atoms with E-state index in [2.05, 4.69) is 37.1 Å². The molecule has 1 fully saturated rings. The lowest BCUT2D eigenvalue weighted by molar-refractivity contribution is 0.0265. The largest absolute Gasteiger partial charge is 0.497 e. The molecule has 3 nitrogen and oxygen atoms in total. The SMILES string of the molecule is COc1ccc2c(c1)C1(CCO)CCN(C)[C@H](C2)[C@@H]1C. The van der Waals surface area contributed by atoms with Crippen molar-refractivity contribution in [2.24, 2.45) is 5.92 Å². The van der Waals surface area contributed by atoms with E-state index >= 15 is 0 Å². The third kappa shape index (κ3) is 1.87. The molecule has 2 bridgehead atoms. The number of methoxy groups -OCH3 is 1. The second kappa shape index (κ2) is 5.05. The van der Waals surface area contributed by atoms with Gasteiger partial charge in [0.2, 0.25) is 0 Å². The van der Waals surface area contributed by atoms with Gasteiger partial charge in [-0.15, -0.1) is 0 Å². The van der Waals surface area contributed by atoms with Crippen LogP contribution in [0.5, 0.6) is 5.75 Å². The minimum Gasteiger partial charge on any atom is -0.497 e. The number of ether oxygens (including phenoxy) is 1. The van der Waals surface area contributed by atoms with E-state index in [1.165, 1.54) is 11.1 Å². The lowest BCUT2D eigenvalue weighted by Gasteiger charge is -2.55. The normalized spacial score (nSPS) is 32.8. The molecule has 0 saturated carbocycles. The third-order valence-electron chi connectivity index (χ3n) is 5.77. The fourth-order valence-corrected chi connectivity index (χ4v) is 4.47. The smallest absolute Gasteiger partial charge is 0.119 e. The van der Waals surface area contributed by atoms with E-state index in [-0.39, 0.29) is 12.0 Å². The lowest BCUT2D eigenvalue weighted by Crippen LogP contribution is -2.58. The fourth-order valence-electron chi connectivity index (χ4n) is 4.47. The Balaban J connectivity index is 2.14. The van der Waals surface area contributed by atoms with Crippen molar-refractivity contribution in [2.45, 2.75) is 37.6 Å². The van der Waals surface area contributed by atoms with Gasteiger partial charge in [-0.1, -0.05) is 13.0 Å². The van der Waals surface area contributed by atoms with E-state index in [0.29, 0.717) is 12.0 Å². The van der Waals surface area contributed by atoms with Crippen LogP contribution in [-0.2, 0) is 11.8 Å². The topological polar surface area (TPSA) is 32.7 Å². The van der Waals surface area contributed by atoms with Gasteiger partial charge >= 0.3 is 0 Å². The zero-order valence-electron chi connectivity index (χ0n) is 12.7. The standard InChI is InChI=1S/C17H25NO2/c1-12-16-10-13-4-5-14(20-3)11-15(13)17(12,7-9-19)6-8-18(16)2/h4-5,11-12,16,19H,6-10H2,1-3H3/t12-,16+,17?/m0/s1. The average molecular weight is 275 g/mol. The molecule has 20 heavy (non-hydrogen) atoms. The first-order valence-electron chi connectivity index (χ1n) is 7.61. The van der Waals surface area contributed by atoms with Crippen LogP contribution >= 0.6 is 0 Å². The summed E-state index contributed by atoms with van der Waals surface area (Å²) in [6, 6.07) is 7.09. The van der Waals surface area contributed by atoms with Gasteiger partial charge in [-0.2, -0.15) is 0 Å². The van der Waals surface area contributed by atoms with Crippen LogP contribution in [0.4, 0.5) is 0 Å². The molecule has 0 aromatic heterocycles. The van der Waals surface area contributed by atoms with Crippen molar-refractivity contribution in [3.63, 3.8) is 0 Å². The summed E-state index contributed by atoms with van der Waals surface area (Å²) in [5.74, 6) is 1.51. The van der Waals surface area contributed by atoms with Crippen molar-refractivity contribution >= 4 is 0 Å². The molecule has 1 heterocycles. The molecule has 1 saturated heterocycles. The molecule has 3 atom stereocenters. The van der Waals surface area contributed by atoms with Gasteiger partial charge in [-0.05, 0) is 62.0 Å². The summed E-state index contributed by atoms with van der Waals surface area (Å²) in [5.41, 5.74) is 2.98. The number of fused-ring (bicyclic) bond motifs is 4. The highest BCUT2D eigenvalue weighted by molar-refractivity contribution is 5.45. The fraction of sp³-hybridized carbons (Fsp3) is 0.647. The van der Waals surface area contributed by atoms with Crippen LogP contribution in [0.1, 0.15) is 30.9 Å². The molecule has 3 rings (SSSR count). The average Bonchev–Trinajstić information content (AvgIpc) is 2.46. The Morgan fingerprint density at radius 2 is 2.25 bits per heavy atom. The van der Waals surface area contributed by atoms with Crippen molar-refractivity contribution in [1.29, 1.82) is 0 Å². The minimum atomic E-state index is 0.119. The van der Waals surface area contributed by atoms with Gasteiger partial charge in [0.1, 0.15) is 5.75 Å². The van der Waals surface area contributed by atoms with Gasteiger partial charge in [0.05, 0.1) is 7.11 Å². The molecule has 1 aliphatic heterocycles. The second-order valence-corrected chi connectivity index (χ2v) is 6.44. The predicted octanol–water partition coefficient (Wildman–Crippen LogP) is 2.21. The zero-order chi connectivity index (χ0) is 14.3. The number of likely N-dealkylation sites (N-methyl/N-ethyl adjacent to an activating group) is 1. The first-order valence-corrected chi connectivity index (χ1v) is 7.61. The zero-order valence-corrected chi connectivity index (χ0v) is 12.7. The molecule has 1 N–H and O–H groups in total. The second-order valence-electron chi connectivity index (χ2n) is 6.44. The number of hydrogen-bond donors (Lipinski definition) is 1. The maximum absolute atomic E-state index is 9.62. The molecule has 1 aliphatic carbocycles. The maximum Gasteiger partial charge on any atom is 0.119 e. The van der Waals surface area contributed by atoms with Crippen molar-refractivity contribution < 1.29 is 9.84 Å². The van der Waals surface area contributed by atoms with Crippen LogP contribution in [0.3, 0.4) is 0 Å². The summed E-state index contributed by atoms with van der Waals surface area (Å²) in [4.78, 5) is 2.49. The molecule has 3 heteroatoms. The lowest BCUT2D eigenvalue weighted by atomic mass is 9.56. The molecule has 0 amide bonds. The molecule has 1 aromatic rings. The summed E-state index contributed by atoms with van der Waals surface area (Å²) in [6.45, 7) is 3.74. The Bertz CT molecular complexity index is 502. The van der Waals surface area contributed by atoms with Gasteiger partial charge in [-0.25, -0.2) is 0 Å². The maximum atomic E-state index is 9.62. The molecule has 1 unspecified atom stereocenters. The van der Waals surface area contributed by atoms with Crippen LogP contribution in [0, 0.1) is 5.92 Å². The Labute approximate surface area is 121 Å². The van der Waals surface area contributed by atoms with Crippen molar-refractivity contribution in [3.8, 4) is 5.75 Å². The summed E-state index contributed by atoms with van der Waals surface area (Å²) < 4.78 is 5.42. The van der Waals surface area contributed by atoms with Crippen LogP contribution in [0.15, 0.2) is 18.2 Å². The molecular formula is C17H25NO2. The van der Waals surface area contributed by atoms with E-state index in [0.717, 1.165) is 31.6 Å². The van der Waals surface area contributed by atoms with E-state index in [1.54, 1.807) is 7.11 Å². The Morgan fingerprint density at radius 1 is 1.45 bits per heavy atom. The van der Waals surface area contributed by atoms with Crippen molar-refractivity contribution in [3.05, 3.63) is 29.3 Å². The first-order chi connectivity index (χ1) is 9.62. The van der Waals surface area contributed by atoms with Crippen molar-refractivity contribution in [2.75, 3.05) is 27.3 Å². The number of nitrogens with zero attached hydrogens (tertiary/aromatic N) is 1. The summed E-state index contributed by atoms with van der Waals surface area (Å²) >= 11 is 0.